The van der Waals surface area contributed by atoms with Gasteiger partial charge in [0.25, 0.3) is 5.91 Å². The fourth-order valence-electron chi connectivity index (χ4n) is 3.63. The number of likely N-dealkylation sites (tertiary alicyclic amines) is 1. The molecule has 0 bridgehead atoms. The first-order chi connectivity index (χ1) is 9.99. The number of nitrogens with zero attached hydrogens (tertiary/aromatic N) is 1. The molecule has 2 fully saturated rings. The lowest BCUT2D eigenvalue weighted by Crippen LogP contribution is -2.43. The average Bonchev–Trinajstić information content (AvgIpc) is 3.00. The van der Waals surface area contributed by atoms with E-state index in [1.165, 1.54) is 11.0 Å². The largest absolute Gasteiger partial charge is 0.480 e. The minimum atomic E-state index is -0.919. The normalized spacial score (nSPS) is 27.7. The first-order valence-corrected chi connectivity index (χ1v) is 7.73. The minimum absolute atomic E-state index is 0.0780. The fourth-order valence-corrected chi connectivity index (χ4v) is 3.92. The van der Waals surface area contributed by atoms with E-state index in [-0.39, 0.29) is 11.8 Å². The van der Waals surface area contributed by atoms with Gasteiger partial charge in [0.2, 0.25) is 0 Å². The molecular formula is C15H15Cl2NO3. The van der Waals surface area contributed by atoms with Crippen LogP contribution in [-0.2, 0) is 4.79 Å². The van der Waals surface area contributed by atoms with Crippen molar-refractivity contribution in [3.63, 3.8) is 0 Å². The number of benzene rings is 1. The Morgan fingerprint density at radius 2 is 1.95 bits per heavy atom. The van der Waals surface area contributed by atoms with Crippen LogP contribution in [0, 0.1) is 11.8 Å². The fraction of sp³-hybridized carbons (Fsp3) is 0.467. The van der Waals surface area contributed by atoms with Crippen LogP contribution in [0.3, 0.4) is 0 Å². The van der Waals surface area contributed by atoms with Gasteiger partial charge in [-0.15, -0.1) is 0 Å². The molecule has 1 heterocycles. The van der Waals surface area contributed by atoms with Crippen LogP contribution in [0.1, 0.15) is 29.6 Å². The second kappa shape index (κ2) is 5.50. The highest BCUT2D eigenvalue weighted by Crippen LogP contribution is 2.42. The molecule has 112 valence electrons. The zero-order valence-electron chi connectivity index (χ0n) is 11.3. The summed E-state index contributed by atoms with van der Waals surface area (Å²) in [5.41, 5.74) is 0.385. The van der Waals surface area contributed by atoms with Gasteiger partial charge in [-0.3, -0.25) is 4.79 Å². The van der Waals surface area contributed by atoms with Gasteiger partial charge in [-0.05, 0) is 42.9 Å². The zero-order chi connectivity index (χ0) is 15.1. The molecule has 1 saturated heterocycles. The van der Waals surface area contributed by atoms with Crippen molar-refractivity contribution >= 4 is 35.1 Å². The van der Waals surface area contributed by atoms with E-state index in [4.69, 9.17) is 23.2 Å². The molecule has 21 heavy (non-hydrogen) atoms. The number of carboxylic acids is 1. The molecular weight excluding hydrogens is 313 g/mol. The van der Waals surface area contributed by atoms with Gasteiger partial charge < -0.3 is 10.0 Å². The molecule has 1 aromatic carbocycles. The van der Waals surface area contributed by atoms with E-state index in [9.17, 15) is 14.7 Å². The van der Waals surface area contributed by atoms with Gasteiger partial charge in [-0.1, -0.05) is 29.6 Å². The third-order valence-corrected chi connectivity index (χ3v) is 5.31. The number of hydrogen-bond acceptors (Lipinski definition) is 2. The molecule has 2 aliphatic rings. The quantitative estimate of drug-likeness (QED) is 0.906. The first-order valence-electron chi connectivity index (χ1n) is 6.98. The van der Waals surface area contributed by atoms with Crippen LogP contribution < -0.4 is 0 Å². The summed E-state index contributed by atoms with van der Waals surface area (Å²) in [7, 11) is 0. The Morgan fingerprint density at radius 3 is 2.62 bits per heavy atom. The molecule has 3 rings (SSSR count). The maximum atomic E-state index is 12.6. The summed E-state index contributed by atoms with van der Waals surface area (Å²) in [6.45, 7) is 0.515. The Hall–Kier alpha value is -1.26. The maximum absolute atomic E-state index is 12.6. The molecule has 3 unspecified atom stereocenters. The molecule has 1 amide bonds. The minimum Gasteiger partial charge on any atom is -0.480 e. The maximum Gasteiger partial charge on any atom is 0.326 e. The van der Waals surface area contributed by atoms with E-state index in [1.54, 1.807) is 12.1 Å². The summed E-state index contributed by atoms with van der Waals surface area (Å²) in [6.07, 6.45) is 2.93. The SMILES string of the molecule is O=C(O)C1C2CCCC2CN1C(=O)c1ccc(Cl)c(Cl)c1. The monoisotopic (exact) mass is 327 g/mol. The van der Waals surface area contributed by atoms with Crippen LogP contribution >= 0.6 is 23.2 Å². The summed E-state index contributed by atoms with van der Waals surface area (Å²) < 4.78 is 0. The van der Waals surface area contributed by atoms with Crippen molar-refractivity contribution in [3.8, 4) is 0 Å². The Morgan fingerprint density at radius 1 is 1.19 bits per heavy atom. The molecule has 3 atom stereocenters. The number of halogens is 2. The zero-order valence-corrected chi connectivity index (χ0v) is 12.8. The van der Waals surface area contributed by atoms with Crippen molar-refractivity contribution in [3.05, 3.63) is 33.8 Å². The smallest absolute Gasteiger partial charge is 0.326 e. The standard InChI is InChI=1S/C15H15Cl2NO3/c16-11-5-4-8(6-12(11)17)14(19)18-7-9-2-1-3-10(9)13(18)15(20)21/h4-6,9-10,13H,1-3,7H2,(H,20,21). The molecule has 6 heteroatoms. The molecule has 1 aromatic rings. The average molecular weight is 328 g/mol. The summed E-state index contributed by atoms with van der Waals surface area (Å²) in [5.74, 6) is -0.819. The highest BCUT2D eigenvalue weighted by molar-refractivity contribution is 6.42. The van der Waals surface area contributed by atoms with E-state index < -0.39 is 12.0 Å². The molecule has 4 nitrogen and oxygen atoms in total. The highest BCUT2D eigenvalue weighted by atomic mass is 35.5. The lowest BCUT2D eigenvalue weighted by atomic mass is 9.94. The van der Waals surface area contributed by atoms with E-state index in [0.717, 1.165) is 19.3 Å². The molecule has 1 aliphatic carbocycles. The molecule has 1 saturated carbocycles. The van der Waals surface area contributed by atoms with Gasteiger partial charge in [-0.25, -0.2) is 4.79 Å². The van der Waals surface area contributed by atoms with E-state index >= 15 is 0 Å². The van der Waals surface area contributed by atoms with Gasteiger partial charge in [-0.2, -0.15) is 0 Å². The third-order valence-electron chi connectivity index (χ3n) is 4.57. The van der Waals surface area contributed by atoms with Gasteiger partial charge in [0.1, 0.15) is 6.04 Å². The molecule has 1 N–H and O–H groups in total. The predicted molar refractivity (Wildman–Crippen MR) is 79.8 cm³/mol. The van der Waals surface area contributed by atoms with Gasteiger partial charge in [0, 0.05) is 12.1 Å². The number of carbonyl (C=O) groups excluding carboxylic acids is 1. The number of carbonyl (C=O) groups is 2. The Labute approximate surface area is 132 Å². The van der Waals surface area contributed by atoms with Gasteiger partial charge in [0.05, 0.1) is 10.0 Å². The van der Waals surface area contributed by atoms with Crippen LogP contribution in [0.15, 0.2) is 18.2 Å². The van der Waals surface area contributed by atoms with Crippen LogP contribution in [0.4, 0.5) is 0 Å². The number of fused-ring (bicyclic) bond motifs is 1. The molecule has 0 aromatic heterocycles. The number of amides is 1. The van der Waals surface area contributed by atoms with Crippen molar-refractivity contribution in [2.24, 2.45) is 11.8 Å². The van der Waals surface area contributed by atoms with Crippen molar-refractivity contribution < 1.29 is 14.7 Å². The lowest BCUT2D eigenvalue weighted by Gasteiger charge is -2.24. The first kappa shape index (κ1) is 14.7. The number of hydrogen-bond donors (Lipinski definition) is 1. The van der Waals surface area contributed by atoms with Crippen molar-refractivity contribution in [2.75, 3.05) is 6.54 Å². The van der Waals surface area contributed by atoms with Crippen LogP contribution in [0.2, 0.25) is 10.0 Å². The Bertz CT molecular complexity index is 605. The van der Waals surface area contributed by atoms with E-state index in [0.29, 0.717) is 28.1 Å². The number of aliphatic carboxylic acids is 1. The topological polar surface area (TPSA) is 57.6 Å². The van der Waals surface area contributed by atoms with Crippen molar-refractivity contribution in [1.29, 1.82) is 0 Å². The summed E-state index contributed by atoms with van der Waals surface area (Å²) in [5, 5.41) is 10.2. The third kappa shape index (κ3) is 2.51. The molecule has 0 radical (unpaired) electrons. The van der Waals surface area contributed by atoms with Crippen LogP contribution in [0.5, 0.6) is 0 Å². The van der Waals surface area contributed by atoms with Gasteiger partial charge >= 0.3 is 5.97 Å². The second-order valence-electron chi connectivity index (χ2n) is 5.72. The predicted octanol–water partition coefficient (Wildman–Crippen LogP) is 3.32. The van der Waals surface area contributed by atoms with Crippen molar-refractivity contribution in [2.45, 2.75) is 25.3 Å². The molecule has 0 spiro atoms. The Kier molecular flexibility index (Phi) is 3.84. The van der Waals surface area contributed by atoms with Gasteiger partial charge in [0.15, 0.2) is 0 Å². The summed E-state index contributed by atoms with van der Waals surface area (Å²) in [4.78, 5) is 25.7. The lowest BCUT2D eigenvalue weighted by molar-refractivity contribution is -0.142. The number of rotatable bonds is 2. The summed E-state index contributed by atoms with van der Waals surface area (Å²) in [6, 6.07) is 3.92. The Balaban J connectivity index is 1.89. The van der Waals surface area contributed by atoms with E-state index in [1.807, 2.05) is 0 Å². The summed E-state index contributed by atoms with van der Waals surface area (Å²) >= 11 is 11.8. The van der Waals surface area contributed by atoms with Crippen LogP contribution in [-0.4, -0.2) is 34.5 Å². The number of carboxylic acid groups (broad SMARTS) is 1. The van der Waals surface area contributed by atoms with Crippen molar-refractivity contribution in [1.82, 2.24) is 4.90 Å². The van der Waals surface area contributed by atoms with Crippen LogP contribution in [0.25, 0.3) is 0 Å². The molecule has 1 aliphatic heterocycles. The highest BCUT2D eigenvalue weighted by Gasteiger charge is 2.49. The second-order valence-corrected chi connectivity index (χ2v) is 6.54. The van der Waals surface area contributed by atoms with E-state index in [2.05, 4.69) is 0 Å².